The fraction of sp³-hybridized carbons (Fsp3) is 0.182. The lowest BCUT2D eigenvalue weighted by molar-refractivity contribution is -0.113. The molecule has 33 heavy (non-hydrogen) atoms. The number of carbonyl (C=O) groups is 1. The monoisotopic (exact) mass is 471 g/mol. The van der Waals surface area contributed by atoms with Crippen LogP contribution in [0.2, 0.25) is 0 Å². The molecule has 0 radical (unpaired) electrons. The molecule has 0 atom stereocenters. The maximum atomic E-state index is 13.2. The van der Waals surface area contributed by atoms with Gasteiger partial charge in [-0.25, -0.2) is 4.98 Å². The van der Waals surface area contributed by atoms with Gasteiger partial charge < -0.3 is 10.1 Å². The smallest absolute Gasteiger partial charge is 0.387 e. The predicted molar refractivity (Wildman–Crippen MR) is 121 cm³/mol. The summed E-state index contributed by atoms with van der Waals surface area (Å²) in [5, 5.41) is 7.65. The summed E-state index contributed by atoms with van der Waals surface area (Å²) in [6.07, 6.45) is 0. The highest BCUT2D eigenvalue weighted by molar-refractivity contribution is 7.99. The number of fused-ring (bicyclic) bond motifs is 1. The normalized spacial score (nSPS) is 11.2. The zero-order valence-corrected chi connectivity index (χ0v) is 18.5. The summed E-state index contributed by atoms with van der Waals surface area (Å²) in [4.78, 5) is 30.3. The Kier molecular flexibility index (Phi) is 6.40. The average molecular weight is 471 g/mol. The highest BCUT2D eigenvalue weighted by Gasteiger charge is 2.16. The lowest BCUT2D eigenvalue weighted by Gasteiger charge is -2.14. The van der Waals surface area contributed by atoms with Crippen LogP contribution in [0.15, 0.2) is 64.5 Å². The van der Waals surface area contributed by atoms with E-state index in [1.807, 2.05) is 6.92 Å². The van der Waals surface area contributed by atoms with Crippen LogP contribution in [0.3, 0.4) is 0 Å². The van der Waals surface area contributed by atoms with Crippen LogP contribution < -0.4 is 15.6 Å². The number of rotatable bonds is 7. The molecule has 1 N–H and O–H groups in total. The van der Waals surface area contributed by atoms with Crippen LogP contribution in [0.25, 0.3) is 16.6 Å². The number of benzene rings is 2. The third-order valence-electron chi connectivity index (χ3n) is 4.67. The van der Waals surface area contributed by atoms with Gasteiger partial charge in [-0.3, -0.25) is 18.8 Å². The summed E-state index contributed by atoms with van der Waals surface area (Å²) in [6.45, 7) is -1.13. The molecule has 2 aromatic carbocycles. The van der Waals surface area contributed by atoms with E-state index in [1.165, 1.54) is 28.8 Å². The molecule has 0 aliphatic heterocycles. The van der Waals surface area contributed by atoms with Crippen molar-refractivity contribution >= 4 is 34.4 Å². The Labute approximate surface area is 191 Å². The number of nitrogens with one attached hydrogen (secondary N) is 1. The number of anilines is 1. The molecule has 2 heterocycles. The number of nitrogens with zero attached hydrogens (tertiary/aromatic N) is 4. The van der Waals surface area contributed by atoms with Crippen LogP contribution in [-0.2, 0) is 11.8 Å². The number of hydrogen-bond acceptors (Lipinski definition) is 6. The standard InChI is InChI=1S/C22H19F2N5O3S/c1-13-11-18(28(2)27-13)26-19(30)12-33-22-25-17-6-4-3-5-16(17)20(31)29(22)14-7-9-15(10-8-14)32-21(23)24/h3-11,21H,12H2,1-2H3,(H,26,30). The molecule has 0 spiro atoms. The van der Waals surface area contributed by atoms with Gasteiger partial charge in [-0.1, -0.05) is 23.9 Å². The molecule has 0 aliphatic rings. The van der Waals surface area contributed by atoms with Gasteiger partial charge in [-0.05, 0) is 43.3 Å². The molecule has 0 fully saturated rings. The molecular weight excluding hydrogens is 452 g/mol. The van der Waals surface area contributed by atoms with Crippen molar-refractivity contribution in [3.63, 3.8) is 0 Å². The van der Waals surface area contributed by atoms with E-state index in [0.717, 1.165) is 17.5 Å². The van der Waals surface area contributed by atoms with Crippen molar-refractivity contribution in [1.29, 1.82) is 0 Å². The summed E-state index contributed by atoms with van der Waals surface area (Å²) in [5.74, 6) is 0.214. The van der Waals surface area contributed by atoms with E-state index in [2.05, 4.69) is 20.1 Å². The second-order valence-electron chi connectivity index (χ2n) is 7.06. The zero-order chi connectivity index (χ0) is 23.5. The van der Waals surface area contributed by atoms with Gasteiger partial charge >= 0.3 is 6.61 Å². The van der Waals surface area contributed by atoms with E-state index in [-0.39, 0.29) is 28.1 Å². The summed E-state index contributed by atoms with van der Waals surface area (Å²) in [6, 6.07) is 14.3. The van der Waals surface area contributed by atoms with Gasteiger partial charge in [0, 0.05) is 13.1 Å². The van der Waals surface area contributed by atoms with Crippen molar-refractivity contribution in [1.82, 2.24) is 19.3 Å². The number of halogens is 2. The van der Waals surface area contributed by atoms with E-state index in [1.54, 1.807) is 42.1 Å². The lowest BCUT2D eigenvalue weighted by Crippen LogP contribution is -2.23. The first-order valence-corrected chi connectivity index (χ1v) is 10.8. The van der Waals surface area contributed by atoms with Gasteiger partial charge in [0.15, 0.2) is 5.16 Å². The minimum Gasteiger partial charge on any atom is -0.435 e. The highest BCUT2D eigenvalue weighted by atomic mass is 32.2. The van der Waals surface area contributed by atoms with Gasteiger partial charge in [-0.15, -0.1) is 0 Å². The number of amides is 1. The first kappa shape index (κ1) is 22.5. The number of aromatic nitrogens is 4. The Morgan fingerprint density at radius 1 is 1.18 bits per heavy atom. The fourth-order valence-corrected chi connectivity index (χ4v) is 4.06. The Bertz CT molecular complexity index is 1370. The molecule has 4 rings (SSSR count). The first-order chi connectivity index (χ1) is 15.8. The van der Waals surface area contributed by atoms with Crippen molar-refractivity contribution in [3.8, 4) is 11.4 Å². The molecule has 170 valence electrons. The number of para-hydroxylation sites is 1. The average Bonchev–Trinajstić information content (AvgIpc) is 3.09. The predicted octanol–water partition coefficient (Wildman–Crippen LogP) is 3.76. The topological polar surface area (TPSA) is 91.0 Å². The molecule has 0 unspecified atom stereocenters. The second-order valence-corrected chi connectivity index (χ2v) is 8.00. The molecule has 0 bridgehead atoms. The van der Waals surface area contributed by atoms with Gasteiger partial charge in [0.2, 0.25) is 5.91 Å². The molecule has 0 saturated carbocycles. The summed E-state index contributed by atoms with van der Waals surface area (Å²) in [5.41, 5.74) is 1.32. The number of thioether (sulfide) groups is 1. The maximum absolute atomic E-state index is 13.2. The summed E-state index contributed by atoms with van der Waals surface area (Å²) < 4.78 is 32.2. The van der Waals surface area contributed by atoms with Crippen LogP contribution in [-0.4, -0.2) is 37.6 Å². The third kappa shape index (κ3) is 5.03. The van der Waals surface area contributed by atoms with Crippen LogP contribution in [0.1, 0.15) is 5.69 Å². The minimum absolute atomic E-state index is 0.0123. The van der Waals surface area contributed by atoms with Crippen molar-refractivity contribution < 1.29 is 18.3 Å². The van der Waals surface area contributed by atoms with E-state index < -0.39 is 6.61 Å². The van der Waals surface area contributed by atoms with Gasteiger partial charge in [0.1, 0.15) is 11.6 Å². The molecule has 11 heteroatoms. The fourth-order valence-electron chi connectivity index (χ4n) is 3.25. The molecule has 0 saturated heterocycles. The van der Waals surface area contributed by atoms with Gasteiger partial charge in [-0.2, -0.15) is 13.9 Å². The van der Waals surface area contributed by atoms with E-state index in [0.29, 0.717) is 22.4 Å². The van der Waals surface area contributed by atoms with E-state index in [9.17, 15) is 18.4 Å². The number of carbonyl (C=O) groups excluding carboxylic acids is 1. The number of alkyl halides is 2. The largest absolute Gasteiger partial charge is 0.435 e. The molecule has 1 amide bonds. The SMILES string of the molecule is Cc1cc(NC(=O)CSc2nc3ccccc3c(=O)n2-c2ccc(OC(F)F)cc2)n(C)n1. The van der Waals surface area contributed by atoms with Gasteiger partial charge in [0.25, 0.3) is 5.56 Å². The first-order valence-electron chi connectivity index (χ1n) is 9.82. The van der Waals surface area contributed by atoms with Crippen molar-refractivity contribution in [2.45, 2.75) is 18.7 Å². The van der Waals surface area contributed by atoms with Crippen LogP contribution in [0.5, 0.6) is 5.75 Å². The quantitative estimate of drug-likeness (QED) is 0.326. The Balaban J connectivity index is 1.66. The Morgan fingerprint density at radius 3 is 2.58 bits per heavy atom. The Hall–Kier alpha value is -3.73. The number of aryl methyl sites for hydroxylation is 2. The van der Waals surface area contributed by atoms with Crippen LogP contribution in [0, 0.1) is 6.92 Å². The van der Waals surface area contributed by atoms with Crippen molar-refractivity contribution in [2.24, 2.45) is 7.05 Å². The van der Waals surface area contributed by atoms with E-state index >= 15 is 0 Å². The number of ether oxygens (including phenoxy) is 1. The summed E-state index contributed by atoms with van der Waals surface area (Å²) >= 11 is 1.08. The van der Waals surface area contributed by atoms with Crippen molar-refractivity contribution in [2.75, 3.05) is 11.1 Å². The maximum Gasteiger partial charge on any atom is 0.387 e. The zero-order valence-electron chi connectivity index (χ0n) is 17.7. The lowest BCUT2D eigenvalue weighted by atomic mass is 10.2. The van der Waals surface area contributed by atoms with Crippen LogP contribution in [0.4, 0.5) is 14.6 Å². The van der Waals surface area contributed by atoms with Gasteiger partial charge in [0.05, 0.1) is 28.0 Å². The highest BCUT2D eigenvalue weighted by Crippen LogP contribution is 2.23. The second kappa shape index (κ2) is 9.41. The molecule has 4 aromatic rings. The molecule has 2 aromatic heterocycles. The van der Waals surface area contributed by atoms with Crippen LogP contribution >= 0.6 is 11.8 Å². The Morgan fingerprint density at radius 2 is 1.91 bits per heavy atom. The third-order valence-corrected chi connectivity index (χ3v) is 5.61. The molecule has 0 aliphatic carbocycles. The summed E-state index contributed by atoms with van der Waals surface area (Å²) in [7, 11) is 1.72. The molecular formula is C22H19F2N5O3S. The minimum atomic E-state index is -2.95. The number of hydrogen-bond donors (Lipinski definition) is 1. The molecule has 8 nitrogen and oxygen atoms in total. The van der Waals surface area contributed by atoms with Crippen molar-refractivity contribution in [3.05, 3.63) is 70.6 Å². The van der Waals surface area contributed by atoms with E-state index in [4.69, 9.17) is 0 Å².